The van der Waals surface area contributed by atoms with Crippen molar-refractivity contribution in [1.82, 2.24) is 19.5 Å². The zero-order valence-corrected chi connectivity index (χ0v) is 12.0. The van der Waals surface area contributed by atoms with Crippen LogP contribution in [0.15, 0.2) is 0 Å². The summed E-state index contributed by atoms with van der Waals surface area (Å²) >= 11 is 0. The van der Waals surface area contributed by atoms with Gasteiger partial charge in [-0.1, -0.05) is 0 Å². The van der Waals surface area contributed by atoms with E-state index in [4.69, 9.17) is 0 Å². The number of H-pyrrole nitrogens is 1. The molecule has 0 radical (unpaired) electrons. The highest BCUT2D eigenvalue weighted by molar-refractivity contribution is 7.89. The van der Waals surface area contributed by atoms with Crippen LogP contribution in [0, 0.1) is 0 Å². The van der Waals surface area contributed by atoms with E-state index in [9.17, 15) is 8.42 Å². The molecule has 0 spiro atoms. The average Bonchev–Trinajstić information content (AvgIpc) is 3.17. The fraction of sp³-hybridized carbons (Fsp3) is 0.833. The van der Waals surface area contributed by atoms with Gasteiger partial charge in [0, 0.05) is 24.9 Å². The van der Waals surface area contributed by atoms with Crippen molar-refractivity contribution in [2.24, 2.45) is 0 Å². The van der Waals surface area contributed by atoms with Crippen LogP contribution in [0.25, 0.3) is 0 Å². The molecule has 106 valence electrons. The second-order valence-corrected chi connectivity index (χ2v) is 7.68. The van der Waals surface area contributed by atoms with Crippen molar-refractivity contribution in [2.45, 2.75) is 44.4 Å². The van der Waals surface area contributed by atoms with Gasteiger partial charge in [0.15, 0.2) is 5.82 Å². The molecule has 0 amide bonds. The number of piperidine rings is 1. The van der Waals surface area contributed by atoms with E-state index in [0.29, 0.717) is 24.9 Å². The van der Waals surface area contributed by atoms with E-state index >= 15 is 0 Å². The Morgan fingerprint density at radius 3 is 2.47 bits per heavy atom. The van der Waals surface area contributed by atoms with Gasteiger partial charge in [-0.3, -0.25) is 5.10 Å². The molecule has 2 aliphatic rings. The molecule has 3 rings (SSSR count). The number of hydrogen-bond donors (Lipinski definition) is 1. The maximum absolute atomic E-state index is 11.8. The lowest BCUT2D eigenvalue weighted by atomic mass is 9.97. The number of nitrogens with zero attached hydrogens (tertiary/aromatic N) is 3. The van der Waals surface area contributed by atoms with Gasteiger partial charge in [0.25, 0.3) is 0 Å². The predicted molar refractivity (Wildman–Crippen MR) is 71.4 cm³/mol. The molecule has 6 nitrogen and oxygen atoms in total. The van der Waals surface area contributed by atoms with E-state index in [-0.39, 0.29) is 5.75 Å². The summed E-state index contributed by atoms with van der Waals surface area (Å²) in [6.45, 7) is 2.89. The Balaban J connectivity index is 1.63. The van der Waals surface area contributed by atoms with Gasteiger partial charge in [0.05, 0.1) is 5.75 Å². The maximum atomic E-state index is 11.8. The van der Waals surface area contributed by atoms with Gasteiger partial charge in [-0.15, -0.1) is 0 Å². The Labute approximate surface area is 113 Å². The van der Waals surface area contributed by atoms with Crippen molar-refractivity contribution in [3.63, 3.8) is 0 Å². The van der Waals surface area contributed by atoms with Gasteiger partial charge in [0.2, 0.25) is 10.0 Å². The van der Waals surface area contributed by atoms with E-state index in [1.807, 2.05) is 0 Å². The second-order valence-electron chi connectivity index (χ2n) is 5.43. The molecule has 2 heterocycles. The van der Waals surface area contributed by atoms with E-state index < -0.39 is 10.0 Å². The monoisotopic (exact) mass is 284 g/mol. The van der Waals surface area contributed by atoms with E-state index in [1.54, 1.807) is 11.2 Å². The Kier molecular flexibility index (Phi) is 3.34. The first-order chi connectivity index (χ1) is 9.10. The van der Waals surface area contributed by atoms with Gasteiger partial charge in [-0.05, 0) is 32.6 Å². The largest absolute Gasteiger partial charge is 0.263 e. The van der Waals surface area contributed by atoms with Crippen LogP contribution in [0.4, 0.5) is 0 Å². The predicted octanol–water partition coefficient (Wildman–Crippen LogP) is 1.21. The van der Waals surface area contributed by atoms with Crippen LogP contribution in [0.2, 0.25) is 0 Å². The molecule has 0 unspecified atom stereocenters. The van der Waals surface area contributed by atoms with Crippen LogP contribution in [0.1, 0.15) is 56.1 Å². The van der Waals surface area contributed by atoms with Gasteiger partial charge in [0.1, 0.15) is 5.82 Å². The van der Waals surface area contributed by atoms with Crippen LogP contribution in [0.5, 0.6) is 0 Å². The van der Waals surface area contributed by atoms with Crippen molar-refractivity contribution in [2.75, 3.05) is 18.8 Å². The molecule has 1 aliphatic heterocycles. The summed E-state index contributed by atoms with van der Waals surface area (Å²) in [5, 5.41) is 7.30. The highest BCUT2D eigenvalue weighted by Gasteiger charge is 2.31. The minimum Gasteiger partial charge on any atom is -0.263 e. The number of hydrogen-bond acceptors (Lipinski definition) is 4. The van der Waals surface area contributed by atoms with Crippen molar-refractivity contribution in [3.8, 4) is 0 Å². The number of aromatic amines is 1. The lowest BCUT2D eigenvalue weighted by molar-refractivity contribution is 0.314. The molecule has 1 N–H and O–H groups in total. The standard InChI is InChI=1S/C12H20N4O2S/c1-2-19(17,18)16-7-5-10(6-8-16)12-13-11(14-15-12)9-3-4-9/h9-10H,2-8H2,1H3,(H,13,14,15). The summed E-state index contributed by atoms with van der Waals surface area (Å²) in [5.74, 6) is 2.95. The summed E-state index contributed by atoms with van der Waals surface area (Å²) < 4.78 is 25.2. The third-order valence-corrected chi connectivity index (χ3v) is 5.94. The van der Waals surface area contributed by atoms with Crippen LogP contribution >= 0.6 is 0 Å². The summed E-state index contributed by atoms with van der Waals surface area (Å²) in [7, 11) is -3.04. The van der Waals surface area contributed by atoms with Crippen LogP contribution < -0.4 is 0 Å². The summed E-state index contributed by atoms with van der Waals surface area (Å²) in [5.41, 5.74) is 0. The second kappa shape index (κ2) is 4.86. The highest BCUT2D eigenvalue weighted by Crippen LogP contribution is 2.38. The molecule has 1 saturated carbocycles. The molecule has 0 aromatic carbocycles. The minimum absolute atomic E-state index is 0.186. The molecule has 19 heavy (non-hydrogen) atoms. The molecule has 0 bridgehead atoms. The van der Waals surface area contributed by atoms with E-state index in [2.05, 4.69) is 15.2 Å². The normalized spacial score (nSPS) is 22.8. The zero-order chi connectivity index (χ0) is 13.5. The lowest BCUT2D eigenvalue weighted by Crippen LogP contribution is -2.38. The molecule has 2 fully saturated rings. The van der Waals surface area contributed by atoms with Crippen LogP contribution in [0.3, 0.4) is 0 Å². The van der Waals surface area contributed by atoms with E-state index in [1.165, 1.54) is 12.8 Å². The molecule has 1 aromatic rings. The molecule has 0 atom stereocenters. The summed E-state index contributed by atoms with van der Waals surface area (Å²) in [6.07, 6.45) is 4.06. The molecule has 1 saturated heterocycles. The fourth-order valence-electron chi connectivity index (χ4n) is 2.58. The number of nitrogens with one attached hydrogen (secondary N) is 1. The first kappa shape index (κ1) is 13.1. The molecule has 7 heteroatoms. The highest BCUT2D eigenvalue weighted by atomic mass is 32.2. The minimum atomic E-state index is -3.04. The number of aromatic nitrogens is 3. The third-order valence-electron chi connectivity index (χ3n) is 4.06. The SMILES string of the molecule is CCS(=O)(=O)N1CCC(c2nc(C3CC3)n[nH]2)CC1. The van der Waals surface area contributed by atoms with Gasteiger partial charge in [-0.25, -0.2) is 17.7 Å². The van der Waals surface area contributed by atoms with Crippen molar-refractivity contribution in [3.05, 3.63) is 11.6 Å². The zero-order valence-electron chi connectivity index (χ0n) is 11.2. The van der Waals surface area contributed by atoms with Gasteiger partial charge in [-0.2, -0.15) is 5.10 Å². The van der Waals surface area contributed by atoms with Crippen molar-refractivity contribution in [1.29, 1.82) is 0 Å². The number of rotatable bonds is 4. The Morgan fingerprint density at radius 1 is 1.21 bits per heavy atom. The summed E-state index contributed by atoms with van der Waals surface area (Å²) in [6, 6.07) is 0. The Hall–Kier alpha value is -0.950. The first-order valence-corrected chi connectivity index (χ1v) is 8.61. The smallest absolute Gasteiger partial charge is 0.213 e. The van der Waals surface area contributed by atoms with Crippen molar-refractivity contribution >= 4 is 10.0 Å². The molecule has 1 aliphatic carbocycles. The third kappa shape index (κ3) is 2.67. The average molecular weight is 284 g/mol. The number of sulfonamides is 1. The molecular formula is C12H20N4O2S. The van der Waals surface area contributed by atoms with Crippen LogP contribution in [-0.4, -0.2) is 46.7 Å². The van der Waals surface area contributed by atoms with Gasteiger partial charge < -0.3 is 0 Å². The first-order valence-electron chi connectivity index (χ1n) is 7.00. The topological polar surface area (TPSA) is 79.0 Å². The van der Waals surface area contributed by atoms with Gasteiger partial charge >= 0.3 is 0 Å². The summed E-state index contributed by atoms with van der Waals surface area (Å²) in [4.78, 5) is 4.57. The lowest BCUT2D eigenvalue weighted by Gasteiger charge is -2.29. The van der Waals surface area contributed by atoms with E-state index in [0.717, 1.165) is 24.5 Å². The quantitative estimate of drug-likeness (QED) is 0.901. The molecule has 1 aromatic heterocycles. The fourth-order valence-corrected chi connectivity index (χ4v) is 3.72. The van der Waals surface area contributed by atoms with Crippen molar-refractivity contribution < 1.29 is 8.42 Å². The van der Waals surface area contributed by atoms with Crippen LogP contribution in [-0.2, 0) is 10.0 Å². The maximum Gasteiger partial charge on any atom is 0.213 e. The molecular weight excluding hydrogens is 264 g/mol. The Morgan fingerprint density at radius 2 is 1.89 bits per heavy atom. The Bertz CT molecular complexity index is 542.